The van der Waals surface area contributed by atoms with Crippen molar-refractivity contribution in [2.24, 2.45) is 5.92 Å². The summed E-state index contributed by atoms with van der Waals surface area (Å²) in [7, 11) is 0. The Morgan fingerprint density at radius 3 is 2.27 bits per heavy atom. The van der Waals surface area contributed by atoms with Gasteiger partial charge in [-0.3, -0.25) is 0 Å². The summed E-state index contributed by atoms with van der Waals surface area (Å²) in [6.45, 7) is 4.52. The zero-order valence-corrected chi connectivity index (χ0v) is 16.7. The Hall–Kier alpha value is -1.38. The van der Waals surface area contributed by atoms with Crippen LogP contribution in [-0.2, 0) is 6.42 Å². The highest BCUT2D eigenvalue weighted by Gasteiger charge is 2.23. The molecule has 2 heterocycles. The van der Waals surface area contributed by atoms with E-state index in [4.69, 9.17) is 10.1 Å². The summed E-state index contributed by atoms with van der Waals surface area (Å²) in [5.74, 6) is 1.99. The van der Waals surface area contributed by atoms with Crippen molar-refractivity contribution in [2.45, 2.75) is 103 Å². The third-order valence-electron chi connectivity index (χ3n) is 6.71. The van der Waals surface area contributed by atoms with Crippen LogP contribution in [0.15, 0.2) is 12.3 Å². The summed E-state index contributed by atoms with van der Waals surface area (Å²) >= 11 is 0. The smallest absolute Gasteiger partial charge is 0.158 e. The second-order valence-electron chi connectivity index (χ2n) is 9.06. The maximum Gasteiger partial charge on any atom is 0.158 e. The molecule has 142 valence electrons. The molecule has 2 aliphatic carbocycles. The van der Waals surface area contributed by atoms with Crippen molar-refractivity contribution in [2.75, 3.05) is 0 Å². The second kappa shape index (κ2) is 8.10. The van der Waals surface area contributed by atoms with E-state index in [1.54, 1.807) is 0 Å². The molecular formula is C23H35N3. The molecule has 3 heteroatoms. The van der Waals surface area contributed by atoms with Crippen LogP contribution in [0.1, 0.15) is 113 Å². The maximum absolute atomic E-state index is 5.20. The molecule has 2 aliphatic rings. The number of fused-ring (bicyclic) bond motifs is 1. The van der Waals surface area contributed by atoms with E-state index in [2.05, 4.69) is 30.6 Å². The third kappa shape index (κ3) is 3.82. The highest BCUT2D eigenvalue weighted by atomic mass is 15.3. The van der Waals surface area contributed by atoms with Gasteiger partial charge in [0.2, 0.25) is 0 Å². The summed E-state index contributed by atoms with van der Waals surface area (Å²) in [6, 6.07) is 2.42. The minimum absolute atomic E-state index is 0.479. The van der Waals surface area contributed by atoms with Crippen molar-refractivity contribution in [3.8, 4) is 0 Å². The predicted octanol–water partition coefficient (Wildman–Crippen LogP) is 6.41. The Morgan fingerprint density at radius 2 is 1.65 bits per heavy atom. The fraction of sp³-hybridized carbons (Fsp3) is 0.739. The molecule has 2 aromatic heterocycles. The Kier molecular flexibility index (Phi) is 5.61. The molecule has 2 aromatic rings. The number of hydrogen-bond acceptors (Lipinski definition) is 2. The molecule has 26 heavy (non-hydrogen) atoms. The largest absolute Gasteiger partial charge is 0.233 e. The van der Waals surface area contributed by atoms with Gasteiger partial charge in [0.15, 0.2) is 5.65 Å². The highest BCUT2D eigenvalue weighted by Crippen LogP contribution is 2.34. The first-order valence-electron chi connectivity index (χ1n) is 11.1. The number of nitrogens with zero attached hydrogens (tertiary/aromatic N) is 3. The summed E-state index contributed by atoms with van der Waals surface area (Å²) in [5, 5.41) is 4.74. The van der Waals surface area contributed by atoms with E-state index in [9.17, 15) is 0 Å². The number of aromatic nitrogens is 3. The van der Waals surface area contributed by atoms with Gasteiger partial charge in [-0.05, 0) is 37.2 Å². The molecule has 2 fully saturated rings. The predicted molar refractivity (Wildman–Crippen MR) is 108 cm³/mol. The molecule has 4 rings (SSSR count). The molecule has 0 amide bonds. The number of hydrogen-bond donors (Lipinski definition) is 0. The van der Waals surface area contributed by atoms with Crippen molar-refractivity contribution in [1.82, 2.24) is 14.6 Å². The Bertz CT molecular complexity index is 716. The quantitative estimate of drug-likeness (QED) is 0.635. The van der Waals surface area contributed by atoms with E-state index >= 15 is 0 Å². The second-order valence-corrected chi connectivity index (χ2v) is 9.06. The van der Waals surface area contributed by atoms with E-state index in [0.717, 1.165) is 11.6 Å². The van der Waals surface area contributed by atoms with E-state index in [1.807, 2.05) is 0 Å². The van der Waals surface area contributed by atoms with Crippen molar-refractivity contribution in [3.63, 3.8) is 0 Å². The zero-order chi connectivity index (χ0) is 17.9. The van der Waals surface area contributed by atoms with Gasteiger partial charge >= 0.3 is 0 Å². The van der Waals surface area contributed by atoms with Gasteiger partial charge in [0.25, 0.3) is 0 Å². The summed E-state index contributed by atoms with van der Waals surface area (Å²) in [4.78, 5) is 5.20. The minimum atomic E-state index is 0.479. The summed E-state index contributed by atoms with van der Waals surface area (Å²) < 4.78 is 2.16. The van der Waals surface area contributed by atoms with Crippen LogP contribution in [0.4, 0.5) is 0 Å². The molecule has 0 unspecified atom stereocenters. The van der Waals surface area contributed by atoms with Crippen molar-refractivity contribution in [1.29, 1.82) is 0 Å². The van der Waals surface area contributed by atoms with Gasteiger partial charge in [0, 0.05) is 22.9 Å². The molecule has 0 atom stereocenters. The molecule has 0 bridgehead atoms. The van der Waals surface area contributed by atoms with E-state index in [0.29, 0.717) is 11.8 Å². The van der Waals surface area contributed by atoms with Crippen LogP contribution in [0.25, 0.3) is 5.65 Å². The van der Waals surface area contributed by atoms with Crippen LogP contribution < -0.4 is 0 Å². The number of rotatable bonds is 4. The van der Waals surface area contributed by atoms with Gasteiger partial charge in [-0.25, -0.2) is 9.50 Å². The summed E-state index contributed by atoms with van der Waals surface area (Å²) in [6.07, 6.45) is 18.4. The van der Waals surface area contributed by atoms with Crippen LogP contribution >= 0.6 is 0 Å². The average molecular weight is 354 g/mol. The molecule has 0 aromatic carbocycles. The maximum atomic E-state index is 5.20. The highest BCUT2D eigenvalue weighted by molar-refractivity contribution is 5.50. The van der Waals surface area contributed by atoms with Gasteiger partial charge in [-0.15, -0.1) is 0 Å². The van der Waals surface area contributed by atoms with Crippen LogP contribution in [-0.4, -0.2) is 14.6 Å². The molecule has 0 aliphatic heterocycles. The summed E-state index contributed by atoms with van der Waals surface area (Å²) in [5.41, 5.74) is 5.20. The van der Waals surface area contributed by atoms with E-state index in [1.165, 1.54) is 94.0 Å². The molecule has 0 N–H and O–H groups in total. The monoisotopic (exact) mass is 353 g/mol. The van der Waals surface area contributed by atoms with Crippen LogP contribution in [0.3, 0.4) is 0 Å². The van der Waals surface area contributed by atoms with Crippen LogP contribution in [0.2, 0.25) is 0 Å². The first-order chi connectivity index (χ1) is 12.7. The topological polar surface area (TPSA) is 30.2 Å². The first-order valence-corrected chi connectivity index (χ1v) is 11.1. The first kappa shape index (κ1) is 18.0. The molecule has 2 saturated carbocycles. The van der Waals surface area contributed by atoms with Crippen LogP contribution in [0, 0.1) is 5.92 Å². The van der Waals surface area contributed by atoms with Crippen molar-refractivity contribution < 1.29 is 0 Å². The lowest BCUT2D eigenvalue weighted by Gasteiger charge is -2.26. The Balaban J connectivity index is 1.70. The lowest BCUT2D eigenvalue weighted by molar-refractivity contribution is 0.310. The lowest BCUT2D eigenvalue weighted by Crippen LogP contribution is -2.17. The molecule has 0 spiro atoms. The van der Waals surface area contributed by atoms with E-state index in [-0.39, 0.29) is 0 Å². The standard InChI is InChI=1S/C23H35N3/c1-17(2)21-16-24-26-20(14-18-10-9-11-18)15-22(25-23(21)26)19-12-7-5-3-4-6-8-13-19/h15-19H,3-14H2,1-2H3. The van der Waals surface area contributed by atoms with Gasteiger partial charge in [-0.1, -0.05) is 71.6 Å². The lowest BCUT2D eigenvalue weighted by atomic mass is 9.81. The zero-order valence-electron chi connectivity index (χ0n) is 16.7. The van der Waals surface area contributed by atoms with Gasteiger partial charge in [0.1, 0.15) is 0 Å². The fourth-order valence-electron chi connectivity index (χ4n) is 4.75. The van der Waals surface area contributed by atoms with Crippen molar-refractivity contribution in [3.05, 3.63) is 29.2 Å². The third-order valence-corrected chi connectivity index (χ3v) is 6.71. The fourth-order valence-corrected chi connectivity index (χ4v) is 4.75. The minimum Gasteiger partial charge on any atom is -0.233 e. The van der Waals surface area contributed by atoms with Crippen molar-refractivity contribution >= 4 is 5.65 Å². The Morgan fingerprint density at radius 1 is 0.962 bits per heavy atom. The van der Waals surface area contributed by atoms with Gasteiger partial charge < -0.3 is 0 Å². The SMILES string of the molecule is CC(C)c1cnn2c(CC3CCC3)cc(C3CCCCCCCC3)nc12. The molecular weight excluding hydrogens is 318 g/mol. The van der Waals surface area contributed by atoms with E-state index < -0.39 is 0 Å². The Labute approximate surface area is 158 Å². The molecule has 0 saturated heterocycles. The normalized spacial score (nSPS) is 20.7. The van der Waals surface area contributed by atoms with Gasteiger partial charge in [0.05, 0.1) is 6.20 Å². The molecule has 3 nitrogen and oxygen atoms in total. The van der Waals surface area contributed by atoms with Gasteiger partial charge in [-0.2, -0.15) is 5.10 Å². The average Bonchev–Trinajstić information content (AvgIpc) is 3.06. The molecule has 0 radical (unpaired) electrons. The van der Waals surface area contributed by atoms with Crippen LogP contribution in [0.5, 0.6) is 0 Å².